The van der Waals surface area contributed by atoms with Gasteiger partial charge in [-0.15, -0.1) is 0 Å². The second kappa shape index (κ2) is 4.42. The van der Waals surface area contributed by atoms with Crippen molar-refractivity contribution in [2.45, 2.75) is 26.3 Å². The summed E-state index contributed by atoms with van der Waals surface area (Å²) in [5.41, 5.74) is 0. The van der Waals surface area contributed by atoms with E-state index >= 15 is 0 Å². The van der Waals surface area contributed by atoms with Gasteiger partial charge in [-0.1, -0.05) is 13.8 Å². The number of aldehydes is 1. The molecule has 1 heterocycles. The Morgan fingerprint density at radius 3 is 2.40 bits per heavy atom. The van der Waals surface area contributed by atoms with Crippen LogP contribution >= 0.6 is 0 Å². The topological polar surface area (TPSA) is 57.7 Å². The molecule has 0 radical (unpaired) electrons. The van der Waals surface area contributed by atoms with Gasteiger partial charge in [-0.2, -0.15) is 0 Å². The second-order valence-electron chi connectivity index (χ2n) is 4.03. The van der Waals surface area contributed by atoms with Crippen LogP contribution in [0.2, 0.25) is 0 Å². The van der Waals surface area contributed by atoms with Crippen LogP contribution in [-0.2, 0) is 9.59 Å². The predicted molar refractivity (Wildman–Crippen MR) is 54.2 cm³/mol. The van der Waals surface area contributed by atoms with E-state index in [0.29, 0.717) is 6.29 Å². The molecule has 5 nitrogen and oxygen atoms in total. The molecule has 0 bridgehead atoms. The van der Waals surface area contributed by atoms with E-state index in [1.54, 1.807) is 7.05 Å². The van der Waals surface area contributed by atoms with Gasteiger partial charge in [-0.05, 0) is 5.92 Å². The molecule has 1 aliphatic heterocycles. The molecule has 84 valence electrons. The summed E-state index contributed by atoms with van der Waals surface area (Å²) in [6.45, 7) is 3.99. The van der Waals surface area contributed by atoms with Crippen LogP contribution in [0.3, 0.4) is 0 Å². The van der Waals surface area contributed by atoms with Gasteiger partial charge in [0, 0.05) is 20.0 Å². The smallest absolute Gasteiger partial charge is 0.315 e. The van der Waals surface area contributed by atoms with Crippen molar-refractivity contribution in [2.75, 3.05) is 13.6 Å². The fourth-order valence-corrected chi connectivity index (χ4v) is 1.85. The number of carbonyl (C=O) groups excluding carboxylic acids is 3. The normalized spacial score (nSPS) is 21.7. The van der Waals surface area contributed by atoms with Gasteiger partial charge in [-0.3, -0.25) is 9.69 Å². The summed E-state index contributed by atoms with van der Waals surface area (Å²) >= 11 is 0. The zero-order chi connectivity index (χ0) is 11.6. The van der Waals surface area contributed by atoms with E-state index in [2.05, 4.69) is 0 Å². The molecule has 0 aromatic carbocycles. The summed E-state index contributed by atoms with van der Waals surface area (Å²) in [7, 11) is 1.62. The molecule has 0 N–H and O–H groups in total. The van der Waals surface area contributed by atoms with Crippen molar-refractivity contribution < 1.29 is 14.4 Å². The quantitative estimate of drug-likeness (QED) is 0.503. The van der Waals surface area contributed by atoms with E-state index in [1.165, 1.54) is 4.90 Å². The lowest BCUT2D eigenvalue weighted by Gasteiger charge is -2.19. The number of hydrogen-bond donors (Lipinski definition) is 0. The molecular formula is C10H16N2O3. The maximum absolute atomic E-state index is 11.8. The summed E-state index contributed by atoms with van der Waals surface area (Å²) in [4.78, 5) is 36.3. The summed E-state index contributed by atoms with van der Waals surface area (Å²) in [6.07, 6.45) is 0.916. The lowest BCUT2D eigenvalue weighted by atomic mass is 10.0. The summed E-state index contributed by atoms with van der Waals surface area (Å²) < 4.78 is 0. The third kappa shape index (κ3) is 2.00. The van der Waals surface area contributed by atoms with Gasteiger partial charge in [0.25, 0.3) is 5.91 Å². The lowest BCUT2D eigenvalue weighted by molar-refractivity contribution is -0.129. The largest absolute Gasteiger partial charge is 0.327 e. The molecule has 15 heavy (non-hydrogen) atoms. The maximum atomic E-state index is 11.8. The van der Waals surface area contributed by atoms with Crippen LogP contribution in [0.5, 0.6) is 0 Å². The van der Waals surface area contributed by atoms with Gasteiger partial charge < -0.3 is 9.69 Å². The Bertz CT molecular complexity index is 288. The molecule has 1 unspecified atom stereocenters. The number of carbonyl (C=O) groups is 3. The zero-order valence-electron chi connectivity index (χ0n) is 9.27. The van der Waals surface area contributed by atoms with Gasteiger partial charge >= 0.3 is 6.03 Å². The zero-order valence-corrected chi connectivity index (χ0v) is 9.27. The predicted octanol–water partition coefficient (Wildman–Crippen LogP) is 0.494. The minimum Gasteiger partial charge on any atom is -0.315 e. The highest BCUT2D eigenvalue weighted by Gasteiger charge is 2.43. The molecule has 5 heteroatoms. The number of urea groups is 1. The Morgan fingerprint density at radius 2 is 2.00 bits per heavy atom. The number of nitrogens with zero attached hydrogens (tertiary/aromatic N) is 2. The van der Waals surface area contributed by atoms with Crippen LogP contribution < -0.4 is 0 Å². The van der Waals surface area contributed by atoms with Gasteiger partial charge in [-0.25, -0.2) is 4.79 Å². The average Bonchev–Trinajstić information content (AvgIpc) is 2.37. The SMILES string of the molecule is CC(C)C1C(=O)N(CCC=O)C(=O)N1C. The number of imide groups is 1. The number of likely N-dealkylation sites (N-methyl/N-ethyl adjacent to an activating group) is 1. The standard InChI is InChI=1S/C10H16N2O3/c1-7(2)8-9(14)12(5-4-6-13)10(15)11(8)3/h6-8H,4-5H2,1-3H3. The molecule has 1 saturated heterocycles. The van der Waals surface area contributed by atoms with Crippen molar-refractivity contribution in [2.24, 2.45) is 5.92 Å². The Balaban J connectivity index is 2.80. The van der Waals surface area contributed by atoms with Crippen molar-refractivity contribution in [3.8, 4) is 0 Å². The van der Waals surface area contributed by atoms with E-state index in [4.69, 9.17) is 0 Å². The van der Waals surface area contributed by atoms with Crippen LogP contribution in [0, 0.1) is 5.92 Å². The molecule has 0 aliphatic carbocycles. The molecule has 0 aromatic heterocycles. The number of hydrogen-bond acceptors (Lipinski definition) is 3. The molecule has 3 amide bonds. The minimum atomic E-state index is -0.385. The molecule has 0 aromatic rings. The van der Waals surface area contributed by atoms with Gasteiger partial charge in [0.2, 0.25) is 0 Å². The first kappa shape index (κ1) is 11.7. The lowest BCUT2D eigenvalue weighted by Crippen LogP contribution is -2.36. The van der Waals surface area contributed by atoms with Crippen LogP contribution in [0.4, 0.5) is 4.79 Å². The van der Waals surface area contributed by atoms with E-state index in [-0.39, 0.29) is 36.9 Å². The monoisotopic (exact) mass is 212 g/mol. The Morgan fingerprint density at radius 1 is 1.40 bits per heavy atom. The first-order valence-corrected chi connectivity index (χ1v) is 5.02. The second-order valence-corrected chi connectivity index (χ2v) is 4.03. The first-order valence-electron chi connectivity index (χ1n) is 5.02. The maximum Gasteiger partial charge on any atom is 0.327 e. The average molecular weight is 212 g/mol. The molecular weight excluding hydrogens is 196 g/mol. The molecule has 1 rings (SSSR count). The van der Waals surface area contributed by atoms with Gasteiger partial charge in [0.05, 0.1) is 0 Å². The minimum absolute atomic E-state index is 0.0904. The molecule has 1 aliphatic rings. The fourth-order valence-electron chi connectivity index (χ4n) is 1.85. The summed E-state index contributed by atoms with van der Waals surface area (Å²) in [6, 6.07) is -0.690. The Labute approximate surface area is 89.0 Å². The highest BCUT2D eigenvalue weighted by Crippen LogP contribution is 2.21. The van der Waals surface area contributed by atoms with E-state index in [9.17, 15) is 14.4 Å². The highest BCUT2D eigenvalue weighted by atomic mass is 16.2. The van der Waals surface area contributed by atoms with Crippen LogP contribution in [0.25, 0.3) is 0 Å². The van der Waals surface area contributed by atoms with Crippen molar-refractivity contribution >= 4 is 18.2 Å². The number of rotatable bonds is 4. The van der Waals surface area contributed by atoms with Crippen LogP contribution in [-0.4, -0.2) is 47.7 Å². The van der Waals surface area contributed by atoms with Crippen molar-refractivity contribution in [1.29, 1.82) is 0 Å². The van der Waals surface area contributed by atoms with Gasteiger partial charge in [0.15, 0.2) is 0 Å². The third-order valence-corrected chi connectivity index (χ3v) is 2.57. The van der Waals surface area contributed by atoms with E-state index in [0.717, 1.165) is 4.90 Å². The highest BCUT2D eigenvalue weighted by molar-refractivity contribution is 6.04. The van der Waals surface area contributed by atoms with Crippen molar-refractivity contribution in [1.82, 2.24) is 9.80 Å². The van der Waals surface area contributed by atoms with E-state index in [1.807, 2.05) is 13.8 Å². The third-order valence-electron chi connectivity index (χ3n) is 2.57. The summed E-state index contributed by atoms with van der Waals surface area (Å²) in [5, 5.41) is 0. The summed E-state index contributed by atoms with van der Waals surface area (Å²) in [5.74, 6) is -0.105. The van der Waals surface area contributed by atoms with Gasteiger partial charge in [0.1, 0.15) is 12.3 Å². The Kier molecular flexibility index (Phi) is 3.44. The van der Waals surface area contributed by atoms with Crippen LogP contribution in [0.15, 0.2) is 0 Å². The molecule has 1 fully saturated rings. The molecule has 0 saturated carbocycles. The number of amides is 3. The van der Waals surface area contributed by atoms with Crippen LogP contribution in [0.1, 0.15) is 20.3 Å². The first-order chi connectivity index (χ1) is 7.00. The molecule has 1 atom stereocenters. The van der Waals surface area contributed by atoms with Crippen molar-refractivity contribution in [3.05, 3.63) is 0 Å². The van der Waals surface area contributed by atoms with Crippen molar-refractivity contribution in [3.63, 3.8) is 0 Å². The van der Waals surface area contributed by atoms with E-state index < -0.39 is 0 Å². The fraction of sp³-hybridized carbons (Fsp3) is 0.700. The molecule has 0 spiro atoms. The Hall–Kier alpha value is -1.39.